The molecule has 40 heavy (non-hydrogen) atoms. The molecular formula is C24H35ClN5O9P. The predicted molar refractivity (Wildman–Crippen MR) is 142 cm³/mol. The molecule has 2 aromatic heterocycles. The topological polar surface area (TPSA) is 154 Å². The van der Waals surface area contributed by atoms with Crippen molar-refractivity contribution >= 4 is 42.1 Å². The highest BCUT2D eigenvalue weighted by molar-refractivity contribution is 7.55. The van der Waals surface area contributed by atoms with Gasteiger partial charge in [-0.25, -0.2) is 9.78 Å². The first-order valence-electron chi connectivity index (χ1n) is 13.4. The van der Waals surface area contributed by atoms with Gasteiger partial charge in [-0.2, -0.15) is 9.97 Å². The Morgan fingerprint density at radius 1 is 1.18 bits per heavy atom. The van der Waals surface area contributed by atoms with Crippen LogP contribution in [-0.2, 0) is 42.1 Å². The molecule has 2 aromatic rings. The summed E-state index contributed by atoms with van der Waals surface area (Å²) in [5, 5.41) is 3.40. The Balaban J connectivity index is 1.42. The fraction of sp³-hybridized carbons (Fsp3) is 0.750. The third kappa shape index (κ3) is 6.00. The van der Waals surface area contributed by atoms with Crippen molar-refractivity contribution < 1.29 is 42.1 Å². The molecule has 2 saturated heterocycles. The number of aromatic nitrogens is 4. The molecule has 4 heterocycles. The Labute approximate surface area is 236 Å². The minimum Gasteiger partial charge on any atom is -0.464 e. The molecule has 1 N–H and O–H groups in total. The number of carbonyl (C=O) groups is 1. The van der Waals surface area contributed by atoms with Crippen molar-refractivity contribution in [1.29, 1.82) is 0 Å². The summed E-state index contributed by atoms with van der Waals surface area (Å²) in [6.45, 7) is 8.47. The Morgan fingerprint density at radius 3 is 2.52 bits per heavy atom. The first kappa shape index (κ1) is 29.6. The Hall–Kier alpha value is -1.90. The maximum absolute atomic E-state index is 13.5. The molecule has 1 unspecified atom stereocenters. The summed E-state index contributed by atoms with van der Waals surface area (Å²) in [6, 6.07) is 0.331. The average molecular weight is 604 g/mol. The number of esters is 1. The molecule has 0 amide bonds. The van der Waals surface area contributed by atoms with Gasteiger partial charge in [0.2, 0.25) is 5.28 Å². The van der Waals surface area contributed by atoms with E-state index in [2.05, 4.69) is 20.3 Å². The highest BCUT2D eigenvalue weighted by Gasteiger charge is 2.57. The van der Waals surface area contributed by atoms with Gasteiger partial charge in [-0.15, -0.1) is 0 Å². The minimum absolute atomic E-state index is 0.0457. The van der Waals surface area contributed by atoms with Gasteiger partial charge in [0.25, 0.3) is 5.85 Å². The maximum atomic E-state index is 13.5. The normalized spacial score (nSPS) is 26.6. The number of hydrogen-bond donors (Lipinski definition) is 1. The van der Waals surface area contributed by atoms with Gasteiger partial charge in [0.1, 0.15) is 18.3 Å². The first-order chi connectivity index (χ1) is 19.1. The maximum Gasteiger partial charge on any atom is 0.370 e. The number of imidazole rings is 1. The third-order valence-electron chi connectivity index (χ3n) is 6.52. The fourth-order valence-corrected chi connectivity index (χ4v) is 6.67. The number of halogens is 1. The van der Waals surface area contributed by atoms with Gasteiger partial charge in [0.15, 0.2) is 29.0 Å². The van der Waals surface area contributed by atoms with Crippen LogP contribution in [0.25, 0.3) is 11.2 Å². The summed E-state index contributed by atoms with van der Waals surface area (Å²) < 4.78 is 55.8. The van der Waals surface area contributed by atoms with Crippen LogP contribution in [0.2, 0.25) is 5.28 Å². The largest absolute Gasteiger partial charge is 0.464 e. The van der Waals surface area contributed by atoms with Crippen molar-refractivity contribution in [1.82, 2.24) is 19.5 Å². The van der Waals surface area contributed by atoms with Crippen molar-refractivity contribution in [2.75, 3.05) is 31.7 Å². The van der Waals surface area contributed by atoms with Crippen molar-refractivity contribution in [2.45, 2.75) is 89.7 Å². The van der Waals surface area contributed by atoms with E-state index in [1.54, 1.807) is 45.5 Å². The Kier molecular flexibility index (Phi) is 8.70. The van der Waals surface area contributed by atoms with E-state index in [9.17, 15) is 9.36 Å². The summed E-state index contributed by atoms with van der Waals surface area (Å²) in [7, 11) is -4.02. The molecule has 1 saturated carbocycles. The summed E-state index contributed by atoms with van der Waals surface area (Å²) in [4.78, 5) is 26.1. The van der Waals surface area contributed by atoms with Crippen LogP contribution in [0, 0.1) is 0 Å². The minimum atomic E-state index is -4.02. The third-order valence-corrected chi connectivity index (χ3v) is 8.86. The lowest BCUT2D eigenvalue weighted by Crippen LogP contribution is -2.37. The van der Waals surface area contributed by atoms with Crippen LogP contribution in [0.4, 0.5) is 5.82 Å². The van der Waals surface area contributed by atoms with Crippen molar-refractivity contribution in [3.8, 4) is 0 Å². The van der Waals surface area contributed by atoms with Crippen molar-refractivity contribution in [3.63, 3.8) is 0 Å². The molecule has 0 aromatic carbocycles. The summed E-state index contributed by atoms with van der Waals surface area (Å²) in [5.74, 6) is -2.84. The van der Waals surface area contributed by atoms with Gasteiger partial charge >= 0.3 is 13.6 Å². The van der Waals surface area contributed by atoms with Gasteiger partial charge in [-0.3, -0.25) is 9.13 Å². The molecule has 5 rings (SSSR count). The number of carbonyl (C=O) groups excluding carboxylic acids is 1. The quantitative estimate of drug-likeness (QED) is 0.201. The molecule has 0 spiro atoms. The van der Waals surface area contributed by atoms with Gasteiger partial charge in [-0.05, 0) is 59.1 Å². The zero-order valence-corrected chi connectivity index (χ0v) is 24.7. The van der Waals surface area contributed by atoms with E-state index in [0.717, 1.165) is 12.8 Å². The Morgan fingerprint density at radius 2 is 1.88 bits per heavy atom. The van der Waals surface area contributed by atoms with Crippen molar-refractivity contribution in [2.24, 2.45) is 0 Å². The second-order valence-electron chi connectivity index (χ2n) is 10.0. The standard InChI is InChI=1S/C24H35ClN5O9P/c1-6-33-21(31)22(40(32,35-7-2)36-8-3)34-11-14-16-17(39-24(4,5)38-16)20(37-14)30-12-26-15-18(27-13-9-10-13)28-23(25)29-19(15)30/h12-14,16-17,20,22H,6-11H2,1-5H3,(H,27,28,29)/t14-,16-,17-,20-,22?/m1/s1. The average Bonchev–Trinajstić information content (AvgIpc) is 3.38. The lowest BCUT2D eigenvalue weighted by molar-refractivity contribution is -0.203. The van der Waals surface area contributed by atoms with Gasteiger partial charge in [-0.1, -0.05) is 0 Å². The lowest BCUT2D eigenvalue weighted by atomic mass is 10.1. The van der Waals surface area contributed by atoms with Crippen LogP contribution in [0.5, 0.6) is 0 Å². The monoisotopic (exact) mass is 603 g/mol. The van der Waals surface area contributed by atoms with Crippen LogP contribution < -0.4 is 5.32 Å². The number of nitrogens with zero attached hydrogens (tertiary/aromatic N) is 4. The zero-order valence-electron chi connectivity index (χ0n) is 23.1. The van der Waals surface area contributed by atoms with Crippen LogP contribution in [0.1, 0.15) is 53.7 Å². The SMILES string of the molecule is CCOC(=O)C(OC[C@H]1O[C@@H](n2cnc3c(NC4CC4)nc(Cl)nc32)[C@@H]2OC(C)(C)O[C@@H]21)P(=O)(OCC)OCC. The molecule has 2 aliphatic heterocycles. The van der Waals surface area contributed by atoms with E-state index in [0.29, 0.717) is 23.0 Å². The number of anilines is 1. The van der Waals surface area contributed by atoms with E-state index >= 15 is 0 Å². The summed E-state index contributed by atoms with van der Waals surface area (Å²) in [6.07, 6.45) is 1.05. The highest BCUT2D eigenvalue weighted by atomic mass is 35.5. The van der Waals surface area contributed by atoms with E-state index in [-0.39, 0.29) is 31.7 Å². The van der Waals surface area contributed by atoms with E-state index in [1.807, 2.05) is 0 Å². The number of rotatable bonds is 13. The van der Waals surface area contributed by atoms with E-state index < -0.39 is 49.7 Å². The van der Waals surface area contributed by atoms with Gasteiger partial charge in [0.05, 0.1) is 32.8 Å². The molecule has 1 aliphatic carbocycles. The fourth-order valence-electron chi connectivity index (χ4n) is 4.84. The van der Waals surface area contributed by atoms with E-state index in [1.165, 1.54) is 0 Å². The number of nitrogens with one attached hydrogen (secondary N) is 1. The van der Waals surface area contributed by atoms with E-state index in [4.69, 9.17) is 44.3 Å². The summed E-state index contributed by atoms with van der Waals surface area (Å²) >= 11 is 6.27. The molecule has 0 bridgehead atoms. The smallest absolute Gasteiger partial charge is 0.370 e. The number of fused-ring (bicyclic) bond motifs is 2. The molecular weight excluding hydrogens is 569 g/mol. The van der Waals surface area contributed by atoms with Gasteiger partial charge < -0.3 is 38.0 Å². The molecule has 3 fully saturated rings. The second kappa shape index (κ2) is 11.8. The molecule has 222 valence electrons. The molecule has 3 aliphatic rings. The number of hydrogen-bond acceptors (Lipinski definition) is 13. The van der Waals surface area contributed by atoms with Crippen molar-refractivity contribution in [3.05, 3.63) is 11.6 Å². The van der Waals surface area contributed by atoms with Crippen LogP contribution in [0.3, 0.4) is 0 Å². The molecule has 16 heteroatoms. The van der Waals surface area contributed by atoms with Crippen LogP contribution >= 0.6 is 19.2 Å². The highest BCUT2D eigenvalue weighted by Crippen LogP contribution is 2.54. The lowest BCUT2D eigenvalue weighted by Gasteiger charge is -2.27. The summed E-state index contributed by atoms with van der Waals surface area (Å²) in [5.41, 5.74) is 1.01. The van der Waals surface area contributed by atoms with Crippen LogP contribution in [0.15, 0.2) is 6.33 Å². The molecule has 5 atom stereocenters. The van der Waals surface area contributed by atoms with Crippen LogP contribution in [-0.4, -0.2) is 87.9 Å². The molecule has 0 radical (unpaired) electrons. The zero-order chi connectivity index (χ0) is 28.7. The second-order valence-corrected chi connectivity index (χ2v) is 12.4. The Bertz CT molecular complexity index is 1260. The first-order valence-corrected chi connectivity index (χ1v) is 15.4. The molecule has 14 nitrogen and oxygen atoms in total. The number of ether oxygens (including phenoxy) is 5. The predicted octanol–water partition coefficient (Wildman–Crippen LogP) is 3.64. The van der Waals surface area contributed by atoms with Gasteiger partial charge in [0, 0.05) is 6.04 Å².